The molecule has 2 aromatic rings. The fourth-order valence-corrected chi connectivity index (χ4v) is 2.21. The lowest BCUT2D eigenvalue weighted by molar-refractivity contribution is 0.0978. The minimum absolute atomic E-state index is 0.0282. The summed E-state index contributed by atoms with van der Waals surface area (Å²) in [5.74, 6) is 0.0100. The van der Waals surface area contributed by atoms with Crippen LogP contribution in [0.1, 0.15) is 10.6 Å². The van der Waals surface area contributed by atoms with Crippen molar-refractivity contribution in [2.24, 2.45) is 16.5 Å². The van der Waals surface area contributed by atoms with Crippen LogP contribution in [0.4, 0.5) is 5.69 Å². The van der Waals surface area contributed by atoms with Gasteiger partial charge in [-0.15, -0.1) is 0 Å². The van der Waals surface area contributed by atoms with Crippen molar-refractivity contribution in [3.63, 3.8) is 0 Å². The quantitative estimate of drug-likeness (QED) is 0.654. The van der Waals surface area contributed by atoms with Crippen molar-refractivity contribution in [1.82, 2.24) is 0 Å². The molecule has 122 valence electrons. The molecule has 1 heterocycles. The number of rotatable bonds is 4. The summed E-state index contributed by atoms with van der Waals surface area (Å²) in [5.41, 5.74) is 11.7. The van der Waals surface area contributed by atoms with Gasteiger partial charge in [-0.3, -0.25) is 4.79 Å². The molecule has 0 aliphatic rings. The smallest absolute Gasteiger partial charge is 0.318 e. The highest BCUT2D eigenvalue weighted by molar-refractivity contribution is 6.31. The number of carbonyl (C=O) groups is 1. The Morgan fingerprint density at radius 1 is 1.30 bits per heavy atom. The van der Waals surface area contributed by atoms with Crippen LogP contribution in [0.5, 0.6) is 5.75 Å². The van der Waals surface area contributed by atoms with Crippen LogP contribution in [0.15, 0.2) is 33.7 Å². The van der Waals surface area contributed by atoms with Gasteiger partial charge in [0.15, 0.2) is 5.96 Å². The second-order valence-corrected chi connectivity index (χ2v) is 5.34. The number of furan rings is 1. The Morgan fingerprint density at radius 2 is 2.00 bits per heavy atom. The van der Waals surface area contributed by atoms with E-state index < -0.39 is 5.91 Å². The van der Waals surface area contributed by atoms with Crippen LogP contribution >= 0.6 is 11.6 Å². The zero-order chi connectivity index (χ0) is 17.1. The first-order chi connectivity index (χ1) is 10.8. The fraction of sp³-hybridized carbons (Fsp3) is 0.200. The second-order valence-electron chi connectivity index (χ2n) is 4.91. The molecular formula is C15H17ClN4O3. The van der Waals surface area contributed by atoms with Gasteiger partial charge in [0, 0.05) is 25.2 Å². The normalized spacial score (nSPS) is 10.3. The molecular weight excluding hydrogens is 320 g/mol. The van der Waals surface area contributed by atoms with E-state index in [9.17, 15) is 4.79 Å². The van der Waals surface area contributed by atoms with Crippen LogP contribution < -0.4 is 21.1 Å². The molecule has 1 aromatic heterocycles. The number of nitrogens with zero attached hydrogens (tertiary/aromatic N) is 2. The summed E-state index contributed by atoms with van der Waals surface area (Å²) in [7, 11) is 5.08. The molecule has 0 aliphatic carbocycles. The van der Waals surface area contributed by atoms with E-state index in [1.807, 2.05) is 0 Å². The van der Waals surface area contributed by atoms with Gasteiger partial charge in [0.25, 0.3) is 0 Å². The number of aliphatic imine (C=N–C) groups is 1. The predicted octanol–water partition coefficient (Wildman–Crippen LogP) is 2.09. The van der Waals surface area contributed by atoms with Gasteiger partial charge in [-0.2, -0.15) is 4.99 Å². The number of amides is 1. The summed E-state index contributed by atoms with van der Waals surface area (Å²) in [6.07, 6.45) is 0. The number of hydrogen-bond donors (Lipinski definition) is 2. The highest BCUT2D eigenvalue weighted by atomic mass is 35.5. The predicted molar refractivity (Wildman–Crippen MR) is 90.2 cm³/mol. The molecule has 4 N–H and O–H groups in total. The number of halogens is 1. The molecule has 8 heteroatoms. The van der Waals surface area contributed by atoms with E-state index in [0.29, 0.717) is 27.8 Å². The second kappa shape index (κ2) is 6.62. The van der Waals surface area contributed by atoms with E-state index in [2.05, 4.69) is 4.99 Å². The van der Waals surface area contributed by atoms with Gasteiger partial charge in [0.1, 0.15) is 11.5 Å². The Labute approximate surface area is 138 Å². The minimum Gasteiger partial charge on any atom is -0.496 e. The molecule has 0 saturated carbocycles. The number of anilines is 1. The molecule has 0 fully saturated rings. The average molecular weight is 337 g/mol. The molecule has 2 rings (SSSR count). The molecule has 23 heavy (non-hydrogen) atoms. The summed E-state index contributed by atoms with van der Waals surface area (Å²) in [6, 6.07) is 6.80. The maximum absolute atomic E-state index is 12.1. The largest absolute Gasteiger partial charge is 0.496 e. The van der Waals surface area contributed by atoms with Gasteiger partial charge in [0.2, 0.25) is 5.76 Å². The van der Waals surface area contributed by atoms with E-state index >= 15 is 0 Å². The van der Waals surface area contributed by atoms with E-state index in [4.69, 9.17) is 32.2 Å². The molecule has 0 bridgehead atoms. The monoisotopic (exact) mass is 336 g/mol. The molecule has 1 aromatic carbocycles. The van der Waals surface area contributed by atoms with Gasteiger partial charge in [-0.05, 0) is 18.2 Å². The highest BCUT2D eigenvalue weighted by Crippen LogP contribution is 2.37. The molecule has 0 radical (unpaired) electrons. The van der Waals surface area contributed by atoms with Gasteiger partial charge >= 0.3 is 5.91 Å². The van der Waals surface area contributed by atoms with E-state index in [0.717, 1.165) is 0 Å². The molecule has 0 spiro atoms. The fourth-order valence-electron chi connectivity index (χ4n) is 2.04. The van der Waals surface area contributed by atoms with Crippen LogP contribution in [0.3, 0.4) is 0 Å². The Hall–Kier alpha value is -2.67. The van der Waals surface area contributed by atoms with Crippen molar-refractivity contribution in [2.75, 3.05) is 26.1 Å². The Morgan fingerprint density at radius 3 is 2.57 bits per heavy atom. The van der Waals surface area contributed by atoms with Gasteiger partial charge in [0.05, 0.1) is 18.4 Å². The first-order valence-electron chi connectivity index (χ1n) is 6.62. The summed E-state index contributed by atoms with van der Waals surface area (Å²) < 4.78 is 11.0. The molecule has 0 unspecified atom stereocenters. The van der Waals surface area contributed by atoms with Crippen molar-refractivity contribution in [3.05, 3.63) is 35.0 Å². The van der Waals surface area contributed by atoms with Gasteiger partial charge in [-0.1, -0.05) is 11.6 Å². The summed E-state index contributed by atoms with van der Waals surface area (Å²) in [6.45, 7) is 0. The zero-order valence-corrected chi connectivity index (χ0v) is 13.7. The molecule has 0 aliphatic heterocycles. The maximum atomic E-state index is 12.1. The molecule has 0 saturated heterocycles. The van der Waals surface area contributed by atoms with Crippen molar-refractivity contribution in [3.8, 4) is 17.1 Å². The third-order valence-electron chi connectivity index (χ3n) is 3.05. The van der Waals surface area contributed by atoms with Crippen LogP contribution in [-0.2, 0) is 0 Å². The zero-order valence-electron chi connectivity index (χ0n) is 13.0. The van der Waals surface area contributed by atoms with Gasteiger partial charge < -0.3 is 25.5 Å². The number of nitrogens with two attached hydrogens (primary N) is 2. The van der Waals surface area contributed by atoms with E-state index in [-0.39, 0.29) is 11.7 Å². The standard InChI is InChI=1S/C15H17ClN4O3/c1-20(2)10-7-12(23-13(10)14(21)19-15(17)18)9-6-8(16)4-5-11(9)22-3/h4-7H,1-3H3,(H4,17,18,19,21). The molecule has 7 nitrogen and oxygen atoms in total. The number of hydrogen-bond acceptors (Lipinski definition) is 4. The van der Waals surface area contributed by atoms with Crippen molar-refractivity contribution in [2.45, 2.75) is 0 Å². The number of ether oxygens (including phenoxy) is 1. The number of benzene rings is 1. The third kappa shape index (κ3) is 3.57. The Kier molecular flexibility index (Phi) is 4.80. The third-order valence-corrected chi connectivity index (χ3v) is 3.28. The lowest BCUT2D eigenvalue weighted by Crippen LogP contribution is -2.24. The SMILES string of the molecule is COc1ccc(Cl)cc1-c1cc(N(C)C)c(C(=O)N=C(N)N)o1. The van der Waals surface area contributed by atoms with Crippen LogP contribution in [0.2, 0.25) is 5.02 Å². The van der Waals surface area contributed by atoms with Crippen molar-refractivity contribution in [1.29, 1.82) is 0 Å². The summed E-state index contributed by atoms with van der Waals surface area (Å²) in [4.78, 5) is 17.4. The van der Waals surface area contributed by atoms with E-state index in [1.165, 1.54) is 7.11 Å². The summed E-state index contributed by atoms with van der Waals surface area (Å²) >= 11 is 6.03. The van der Waals surface area contributed by atoms with Crippen LogP contribution in [0, 0.1) is 0 Å². The number of guanidine groups is 1. The lowest BCUT2D eigenvalue weighted by Gasteiger charge is -2.09. The average Bonchev–Trinajstić information content (AvgIpc) is 2.91. The summed E-state index contributed by atoms with van der Waals surface area (Å²) in [5, 5.41) is 0.515. The van der Waals surface area contributed by atoms with Crippen LogP contribution in [-0.4, -0.2) is 33.1 Å². The highest BCUT2D eigenvalue weighted by Gasteiger charge is 2.22. The Balaban J connectivity index is 2.60. The van der Waals surface area contributed by atoms with Crippen molar-refractivity contribution < 1.29 is 13.9 Å². The first kappa shape index (κ1) is 16.7. The molecule has 0 atom stereocenters. The van der Waals surface area contributed by atoms with Crippen molar-refractivity contribution >= 4 is 29.2 Å². The number of methoxy groups -OCH3 is 1. The lowest BCUT2D eigenvalue weighted by atomic mass is 10.1. The van der Waals surface area contributed by atoms with Gasteiger partial charge in [-0.25, -0.2) is 0 Å². The topological polar surface area (TPSA) is 107 Å². The first-order valence-corrected chi connectivity index (χ1v) is 7.00. The van der Waals surface area contributed by atoms with E-state index in [1.54, 1.807) is 43.3 Å². The molecule has 1 amide bonds. The Bertz CT molecular complexity index is 764. The minimum atomic E-state index is -0.666. The number of carbonyl (C=O) groups excluding carboxylic acids is 1. The maximum Gasteiger partial charge on any atom is 0.318 e. The van der Waals surface area contributed by atoms with Crippen LogP contribution in [0.25, 0.3) is 11.3 Å².